The smallest absolute Gasteiger partial charge is 0.221 e. The number of aromatic nitrogens is 3. The van der Waals surface area contributed by atoms with Gasteiger partial charge in [-0.15, -0.1) is 0 Å². The summed E-state index contributed by atoms with van der Waals surface area (Å²) in [5.74, 6) is 0.683. The zero-order valence-electron chi connectivity index (χ0n) is 15.7. The number of H-pyrrole nitrogens is 1. The summed E-state index contributed by atoms with van der Waals surface area (Å²) in [5, 5.41) is 7.21. The van der Waals surface area contributed by atoms with E-state index in [4.69, 9.17) is 0 Å². The third-order valence-electron chi connectivity index (χ3n) is 4.57. The summed E-state index contributed by atoms with van der Waals surface area (Å²) in [6, 6.07) is 20.1. The molecule has 2 heterocycles. The topological polar surface area (TPSA) is 82.7 Å². The highest BCUT2D eigenvalue weighted by molar-refractivity contribution is 5.93. The zero-order valence-corrected chi connectivity index (χ0v) is 15.7. The van der Waals surface area contributed by atoms with E-state index in [0.29, 0.717) is 0 Å². The number of rotatable bonds is 5. The first kappa shape index (κ1) is 17.7. The van der Waals surface area contributed by atoms with Crippen LogP contribution in [0.3, 0.4) is 0 Å². The van der Waals surface area contributed by atoms with Gasteiger partial charge in [0, 0.05) is 29.9 Å². The summed E-state index contributed by atoms with van der Waals surface area (Å²) in [6.07, 6.45) is 1.55. The highest BCUT2D eigenvalue weighted by Crippen LogP contribution is 2.29. The second-order valence-corrected chi connectivity index (χ2v) is 6.71. The lowest BCUT2D eigenvalue weighted by atomic mass is 10.1. The van der Waals surface area contributed by atoms with E-state index in [2.05, 4.69) is 44.6 Å². The molecule has 0 aliphatic rings. The Labute approximate surface area is 163 Å². The molecule has 140 valence electrons. The Hall–Kier alpha value is -3.67. The number of amides is 1. The highest BCUT2D eigenvalue weighted by Gasteiger charge is 2.12. The van der Waals surface area contributed by atoms with Crippen LogP contribution in [0, 0.1) is 0 Å². The van der Waals surface area contributed by atoms with E-state index in [0.717, 1.165) is 33.8 Å². The summed E-state index contributed by atoms with van der Waals surface area (Å²) < 4.78 is 0. The van der Waals surface area contributed by atoms with E-state index in [-0.39, 0.29) is 11.9 Å². The normalized spacial score (nSPS) is 11.9. The molecule has 1 unspecified atom stereocenters. The predicted octanol–water partition coefficient (Wildman–Crippen LogP) is 4.76. The number of aromatic amines is 1. The molecular formula is C22H21N5O. The van der Waals surface area contributed by atoms with Gasteiger partial charge < -0.3 is 15.6 Å². The van der Waals surface area contributed by atoms with E-state index in [1.54, 1.807) is 6.33 Å². The van der Waals surface area contributed by atoms with Crippen LogP contribution >= 0.6 is 0 Å². The molecular weight excluding hydrogens is 350 g/mol. The van der Waals surface area contributed by atoms with Crippen molar-refractivity contribution in [2.24, 2.45) is 0 Å². The van der Waals surface area contributed by atoms with Crippen molar-refractivity contribution >= 4 is 28.4 Å². The molecule has 3 N–H and O–H groups in total. The molecule has 4 aromatic rings. The lowest BCUT2D eigenvalue weighted by molar-refractivity contribution is -0.114. The SMILES string of the molecule is CC(=O)Nc1cccc(-c2cc3c(NC(C)c4ccccc4)ncnc3[nH]2)c1. The molecule has 0 bridgehead atoms. The lowest BCUT2D eigenvalue weighted by Gasteiger charge is -2.15. The molecule has 0 saturated heterocycles. The van der Waals surface area contributed by atoms with E-state index in [1.165, 1.54) is 12.5 Å². The molecule has 2 aromatic carbocycles. The number of fused-ring (bicyclic) bond motifs is 1. The number of anilines is 2. The first-order valence-electron chi connectivity index (χ1n) is 9.13. The number of carbonyl (C=O) groups is 1. The van der Waals surface area contributed by atoms with Gasteiger partial charge in [-0.25, -0.2) is 9.97 Å². The van der Waals surface area contributed by atoms with Gasteiger partial charge in [-0.05, 0) is 30.7 Å². The quantitative estimate of drug-likeness (QED) is 0.472. The molecule has 0 spiro atoms. The van der Waals surface area contributed by atoms with Crippen LogP contribution in [-0.2, 0) is 4.79 Å². The summed E-state index contributed by atoms with van der Waals surface area (Å²) in [6.45, 7) is 3.60. The van der Waals surface area contributed by atoms with Crippen molar-refractivity contribution in [1.29, 1.82) is 0 Å². The van der Waals surface area contributed by atoms with Crippen LogP contribution in [0.5, 0.6) is 0 Å². The van der Waals surface area contributed by atoms with Crippen LogP contribution < -0.4 is 10.6 Å². The van der Waals surface area contributed by atoms with Crippen LogP contribution in [0.15, 0.2) is 67.0 Å². The van der Waals surface area contributed by atoms with Crippen molar-refractivity contribution in [3.63, 3.8) is 0 Å². The van der Waals surface area contributed by atoms with Crippen molar-refractivity contribution in [1.82, 2.24) is 15.0 Å². The average molecular weight is 371 g/mol. The molecule has 0 fully saturated rings. The van der Waals surface area contributed by atoms with Gasteiger partial charge in [0.25, 0.3) is 0 Å². The molecule has 6 heteroatoms. The second kappa shape index (κ2) is 7.52. The number of nitrogens with zero attached hydrogens (tertiary/aromatic N) is 2. The Morgan fingerprint density at radius 2 is 1.86 bits per heavy atom. The van der Waals surface area contributed by atoms with Crippen molar-refractivity contribution < 1.29 is 4.79 Å². The number of nitrogens with one attached hydrogen (secondary N) is 3. The minimum absolute atomic E-state index is 0.0963. The standard InChI is InChI=1S/C22H21N5O/c1-14(16-7-4-3-5-8-16)25-21-19-12-20(27-22(19)24-13-23-21)17-9-6-10-18(11-17)26-15(2)28/h3-14H,1-2H3,(H,26,28)(H2,23,24,25,27). The third-order valence-corrected chi connectivity index (χ3v) is 4.57. The van der Waals surface area contributed by atoms with Gasteiger partial charge in [0.05, 0.1) is 5.39 Å². The Morgan fingerprint density at radius 3 is 2.64 bits per heavy atom. The van der Waals surface area contributed by atoms with Crippen molar-refractivity contribution in [3.8, 4) is 11.3 Å². The fraction of sp³-hybridized carbons (Fsp3) is 0.136. The van der Waals surface area contributed by atoms with Gasteiger partial charge >= 0.3 is 0 Å². The molecule has 2 aromatic heterocycles. The maximum Gasteiger partial charge on any atom is 0.221 e. The van der Waals surface area contributed by atoms with E-state index in [1.807, 2.05) is 48.5 Å². The summed E-state index contributed by atoms with van der Waals surface area (Å²) in [7, 11) is 0. The van der Waals surface area contributed by atoms with Gasteiger partial charge in [0.2, 0.25) is 5.91 Å². The maximum atomic E-state index is 11.3. The predicted molar refractivity (Wildman–Crippen MR) is 112 cm³/mol. The summed E-state index contributed by atoms with van der Waals surface area (Å²) in [4.78, 5) is 23.5. The summed E-state index contributed by atoms with van der Waals surface area (Å²) in [5.41, 5.74) is 4.58. The fourth-order valence-electron chi connectivity index (χ4n) is 3.21. The lowest BCUT2D eigenvalue weighted by Crippen LogP contribution is -2.08. The minimum atomic E-state index is -0.0963. The van der Waals surface area contributed by atoms with Crippen molar-refractivity contribution in [2.75, 3.05) is 10.6 Å². The molecule has 0 aliphatic heterocycles. The fourth-order valence-corrected chi connectivity index (χ4v) is 3.21. The second-order valence-electron chi connectivity index (χ2n) is 6.71. The highest BCUT2D eigenvalue weighted by atomic mass is 16.1. The average Bonchev–Trinajstić information content (AvgIpc) is 3.14. The maximum absolute atomic E-state index is 11.3. The number of carbonyl (C=O) groups excluding carboxylic acids is 1. The molecule has 1 atom stereocenters. The van der Waals surface area contributed by atoms with Crippen LogP contribution in [0.2, 0.25) is 0 Å². The van der Waals surface area contributed by atoms with Crippen LogP contribution in [-0.4, -0.2) is 20.9 Å². The third kappa shape index (κ3) is 3.71. The van der Waals surface area contributed by atoms with Crippen LogP contribution in [0.25, 0.3) is 22.3 Å². The molecule has 0 saturated carbocycles. The Kier molecular flexibility index (Phi) is 4.76. The monoisotopic (exact) mass is 371 g/mol. The number of benzene rings is 2. The van der Waals surface area contributed by atoms with Gasteiger partial charge in [-0.3, -0.25) is 4.79 Å². The first-order valence-corrected chi connectivity index (χ1v) is 9.13. The first-order chi connectivity index (χ1) is 13.6. The zero-order chi connectivity index (χ0) is 19.5. The van der Waals surface area contributed by atoms with Gasteiger partial charge in [0.1, 0.15) is 17.8 Å². The van der Waals surface area contributed by atoms with Gasteiger partial charge in [-0.2, -0.15) is 0 Å². The Bertz CT molecular complexity index is 1120. The van der Waals surface area contributed by atoms with E-state index < -0.39 is 0 Å². The molecule has 1 amide bonds. The Balaban J connectivity index is 1.67. The molecule has 28 heavy (non-hydrogen) atoms. The number of hydrogen-bond donors (Lipinski definition) is 3. The molecule has 6 nitrogen and oxygen atoms in total. The van der Waals surface area contributed by atoms with Crippen molar-refractivity contribution in [3.05, 3.63) is 72.6 Å². The van der Waals surface area contributed by atoms with Crippen molar-refractivity contribution in [2.45, 2.75) is 19.9 Å². The number of hydrogen-bond acceptors (Lipinski definition) is 4. The minimum Gasteiger partial charge on any atom is -0.363 e. The van der Waals surface area contributed by atoms with Crippen LogP contribution in [0.1, 0.15) is 25.5 Å². The largest absolute Gasteiger partial charge is 0.363 e. The van der Waals surface area contributed by atoms with Gasteiger partial charge in [-0.1, -0.05) is 42.5 Å². The van der Waals surface area contributed by atoms with Crippen LogP contribution in [0.4, 0.5) is 11.5 Å². The summed E-state index contributed by atoms with van der Waals surface area (Å²) >= 11 is 0. The molecule has 0 radical (unpaired) electrons. The van der Waals surface area contributed by atoms with E-state index in [9.17, 15) is 4.79 Å². The van der Waals surface area contributed by atoms with Gasteiger partial charge in [0.15, 0.2) is 0 Å². The Morgan fingerprint density at radius 1 is 1.04 bits per heavy atom. The molecule has 0 aliphatic carbocycles. The van der Waals surface area contributed by atoms with E-state index >= 15 is 0 Å². The molecule has 4 rings (SSSR count).